The summed E-state index contributed by atoms with van der Waals surface area (Å²) in [5.74, 6) is 0.359. The highest BCUT2D eigenvalue weighted by Gasteiger charge is 2.29. The summed E-state index contributed by atoms with van der Waals surface area (Å²) in [5.41, 5.74) is 0.869. The predicted octanol–water partition coefficient (Wildman–Crippen LogP) is 3.06. The van der Waals surface area contributed by atoms with E-state index < -0.39 is 6.10 Å². The molecule has 1 aliphatic heterocycles. The van der Waals surface area contributed by atoms with Crippen LogP contribution in [0.2, 0.25) is 0 Å². The van der Waals surface area contributed by atoms with Gasteiger partial charge in [0.25, 0.3) is 5.91 Å². The molecular weight excluding hydrogens is 325 g/mol. The standard InChI is InChI=1S/C19H20FNO4/c1-23-16-9-5-7-14(18(16)24-2)19(22)21-10-11-25-17(12-21)13-6-3-4-8-15(13)20/h3-9,17H,10-12H2,1-2H3/t17-/m1/s1. The molecule has 1 saturated heterocycles. The van der Waals surface area contributed by atoms with Crippen LogP contribution in [0, 0.1) is 5.82 Å². The molecule has 1 atom stereocenters. The van der Waals surface area contributed by atoms with Crippen LogP contribution in [0.25, 0.3) is 0 Å². The highest BCUT2D eigenvalue weighted by atomic mass is 19.1. The SMILES string of the molecule is COc1cccc(C(=O)N2CCO[C@@H](c3ccccc3F)C2)c1OC. The molecule has 1 aliphatic rings. The molecule has 0 spiro atoms. The number of morpholine rings is 1. The van der Waals surface area contributed by atoms with E-state index in [0.29, 0.717) is 35.8 Å². The Bertz CT molecular complexity index is 765. The molecule has 1 amide bonds. The number of para-hydroxylation sites is 1. The van der Waals surface area contributed by atoms with Gasteiger partial charge in [0.2, 0.25) is 0 Å². The lowest BCUT2D eigenvalue weighted by molar-refractivity contribution is -0.0244. The highest BCUT2D eigenvalue weighted by Crippen LogP contribution is 2.33. The zero-order valence-electron chi connectivity index (χ0n) is 14.2. The van der Waals surface area contributed by atoms with Crippen LogP contribution >= 0.6 is 0 Å². The van der Waals surface area contributed by atoms with E-state index in [1.165, 1.54) is 20.3 Å². The third kappa shape index (κ3) is 3.44. The largest absolute Gasteiger partial charge is 0.493 e. The van der Waals surface area contributed by atoms with Crippen molar-refractivity contribution in [3.63, 3.8) is 0 Å². The number of methoxy groups -OCH3 is 2. The average Bonchev–Trinajstić information content (AvgIpc) is 2.67. The Kier molecular flexibility index (Phi) is 5.19. The molecule has 3 rings (SSSR count). The van der Waals surface area contributed by atoms with Crippen molar-refractivity contribution in [3.05, 3.63) is 59.4 Å². The summed E-state index contributed by atoms with van der Waals surface area (Å²) >= 11 is 0. The van der Waals surface area contributed by atoms with E-state index in [0.717, 1.165) is 0 Å². The topological polar surface area (TPSA) is 48.0 Å². The first-order chi connectivity index (χ1) is 12.2. The Morgan fingerprint density at radius 1 is 1.16 bits per heavy atom. The molecule has 132 valence electrons. The average molecular weight is 345 g/mol. The second-order valence-corrected chi connectivity index (χ2v) is 5.67. The van der Waals surface area contributed by atoms with Crippen LogP contribution in [0.5, 0.6) is 11.5 Å². The Morgan fingerprint density at radius 3 is 2.68 bits per heavy atom. The van der Waals surface area contributed by atoms with Gasteiger partial charge in [-0.2, -0.15) is 0 Å². The van der Waals surface area contributed by atoms with Crippen molar-refractivity contribution in [3.8, 4) is 11.5 Å². The fraction of sp³-hybridized carbons (Fsp3) is 0.316. The van der Waals surface area contributed by atoms with Crippen LogP contribution in [0.1, 0.15) is 22.0 Å². The van der Waals surface area contributed by atoms with E-state index in [1.807, 2.05) is 0 Å². The van der Waals surface area contributed by atoms with Gasteiger partial charge in [-0.3, -0.25) is 4.79 Å². The van der Waals surface area contributed by atoms with Gasteiger partial charge in [0, 0.05) is 12.1 Å². The third-order valence-electron chi connectivity index (χ3n) is 4.24. The first-order valence-corrected chi connectivity index (χ1v) is 8.02. The zero-order valence-corrected chi connectivity index (χ0v) is 14.2. The fourth-order valence-corrected chi connectivity index (χ4v) is 2.98. The summed E-state index contributed by atoms with van der Waals surface area (Å²) in [4.78, 5) is 14.6. The van der Waals surface area contributed by atoms with Crippen LogP contribution in [0.4, 0.5) is 4.39 Å². The van der Waals surface area contributed by atoms with Crippen molar-refractivity contribution in [2.45, 2.75) is 6.10 Å². The van der Waals surface area contributed by atoms with Crippen LogP contribution in [-0.4, -0.2) is 44.7 Å². The molecule has 25 heavy (non-hydrogen) atoms. The van der Waals surface area contributed by atoms with Gasteiger partial charge in [-0.05, 0) is 18.2 Å². The quantitative estimate of drug-likeness (QED) is 0.855. The molecule has 2 aromatic rings. The van der Waals surface area contributed by atoms with Crippen LogP contribution in [0.15, 0.2) is 42.5 Å². The van der Waals surface area contributed by atoms with E-state index in [4.69, 9.17) is 14.2 Å². The Labute approximate surface area is 145 Å². The van der Waals surface area contributed by atoms with Gasteiger partial charge < -0.3 is 19.1 Å². The molecule has 0 aromatic heterocycles. The molecule has 2 aromatic carbocycles. The first-order valence-electron chi connectivity index (χ1n) is 8.02. The predicted molar refractivity (Wildman–Crippen MR) is 90.5 cm³/mol. The summed E-state index contributed by atoms with van der Waals surface area (Å²) in [7, 11) is 3.02. The van der Waals surface area contributed by atoms with Crippen LogP contribution in [-0.2, 0) is 4.74 Å². The minimum absolute atomic E-state index is 0.194. The Hall–Kier alpha value is -2.60. The molecule has 0 saturated carbocycles. The third-order valence-corrected chi connectivity index (χ3v) is 4.24. The molecular formula is C19H20FNO4. The number of halogens is 1. The number of rotatable bonds is 4. The lowest BCUT2D eigenvalue weighted by atomic mass is 10.1. The van der Waals surface area contributed by atoms with E-state index in [9.17, 15) is 9.18 Å². The summed E-state index contributed by atoms with van der Waals surface area (Å²) < 4.78 is 30.3. The summed E-state index contributed by atoms with van der Waals surface area (Å²) in [6.07, 6.45) is -0.490. The van der Waals surface area contributed by atoms with Gasteiger partial charge in [-0.25, -0.2) is 4.39 Å². The van der Waals surface area contributed by atoms with Gasteiger partial charge in [0.15, 0.2) is 11.5 Å². The van der Waals surface area contributed by atoms with Crippen molar-refractivity contribution < 1.29 is 23.4 Å². The highest BCUT2D eigenvalue weighted by molar-refractivity contribution is 5.98. The summed E-state index contributed by atoms with van der Waals surface area (Å²) in [6, 6.07) is 11.6. The number of hydrogen-bond donors (Lipinski definition) is 0. The maximum Gasteiger partial charge on any atom is 0.257 e. The lowest BCUT2D eigenvalue weighted by Crippen LogP contribution is -2.42. The number of carbonyl (C=O) groups is 1. The van der Waals surface area contributed by atoms with Crippen LogP contribution < -0.4 is 9.47 Å². The summed E-state index contributed by atoms with van der Waals surface area (Å²) in [6.45, 7) is 1.06. The molecule has 0 radical (unpaired) electrons. The number of amides is 1. The Morgan fingerprint density at radius 2 is 1.96 bits per heavy atom. The van der Waals surface area contributed by atoms with Gasteiger partial charge in [0.05, 0.1) is 32.9 Å². The van der Waals surface area contributed by atoms with Gasteiger partial charge in [-0.15, -0.1) is 0 Å². The lowest BCUT2D eigenvalue weighted by Gasteiger charge is -2.33. The molecule has 0 N–H and O–H groups in total. The smallest absolute Gasteiger partial charge is 0.257 e. The number of ether oxygens (including phenoxy) is 3. The molecule has 1 heterocycles. The number of carbonyl (C=O) groups excluding carboxylic acids is 1. The molecule has 0 unspecified atom stereocenters. The van der Waals surface area contributed by atoms with Crippen LogP contribution in [0.3, 0.4) is 0 Å². The number of nitrogens with zero attached hydrogens (tertiary/aromatic N) is 1. The second-order valence-electron chi connectivity index (χ2n) is 5.67. The Balaban J connectivity index is 1.85. The number of hydrogen-bond acceptors (Lipinski definition) is 4. The van der Waals surface area contributed by atoms with Gasteiger partial charge >= 0.3 is 0 Å². The maximum absolute atomic E-state index is 14.0. The number of benzene rings is 2. The van der Waals surface area contributed by atoms with Crippen molar-refractivity contribution >= 4 is 5.91 Å². The van der Waals surface area contributed by atoms with Gasteiger partial charge in [-0.1, -0.05) is 24.3 Å². The van der Waals surface area contributed by atoms with Gasteiger partial charge in [0.1, 0.15) is 11.9 Å². The zero-order chi connectivity index (χ0) is 17.8. The molecule has 1 fully saturated rings. The monoisotopic (exact) mass is 345 g/mol. The molecule has 0 bridgehead atoms. The summed E-state index contributed by atoms with van der Waals surface area (Å²) in [5, 5.41) is 0. The minimum Gasteiger partial charge on any atom is -0.493 e. The molecule has 6 heteroatoms. The molecule has 5 nitrogen and oxygen atoms in total. The van der Waals surface area contributed by atoms with E-state index >= 15 is 0 Å². The molecule has 0 aliphatic carbocycles. The van der Waals surface area contributed by atoms with E-state index in [1.54, 1.807) is 41.3 Å². The van der Waals surface area contributed by atoms with E-state index in [2.05, 4.69) is 0 Å². The van der Waals surface area contributed by atoms with Crippen molar-refractivity contribution in [1.82, 2.24) is 4.90 Å². The van der Waals surface area contributed by atoms with E-state index in [-0.39, 0.29) is 18.3 Å². The maximum atomic E-state index is 14.0. The first kappa shape index (κ1) is 17.2. The normalized spacial score (nSPS) is 17.2. The minimum atomic E-state index is -0.490. The van der Waals surface area contributed by atoms with Crippen molar-refractivity contribution in [1.29, 1.82) is 0 Å². The second kappa shape index (κ2) is 7.53. The van der Waals surface area contributed by atoms with Crippen molar-refractivity contribution in [2.75, 3.05) is 33.9 Å². The fourth-order valence-electron chi connectivity index (χ4n) is 2.98. The van der Waals surface area contributed by atoms with Crippen molar-refractivity contribution in [2.24, 2.45) is 0 Å².